The molecule has 3 heteroatoms. The van der Waals surface area contributed by atoms with Crippen LogP contribution < -0.4 is 5.55 Å². The van der Waals surface area contributed by atoms with E-state index in [4.69, 9.17) is 9.83 Å². The molecule has 0 unspecified atom stereocenters. The van der Waals surface area contributed by atoms with Gasteiger partial charge >= 0.3 is 0 Å². The Bertz CT molecular complexity index is 654. The number of aryl methyl sites for hydroxylation is 1. The van der Waals surface area contributed by atoms with E-state index in [1.165, 1.54) is 38.5 Å². The number of hydrogen-bond donors (Lipinski definition) is 2. The molecule has 106 valence electrons. The number of benzene rings is 1. The third kappa shape index (κ3) is 2.87. The highest BCUT2D eigenvalue weighted by molar-refractivity contribution is 5.83. The van der Waals surface area contributed by atoms with Gasteiger partial charge in [0.05, 0.1) is 5.39 Å². The summed E-state index contributed by atoms with van der Waals surface area (Å²) in [7, 11) is 0. The van der Waals surface area contributed by atoms with Gasteiger partial charge in [-0.2, -0.15) is 0 Å². The Hall–Kier alpha value is -1.77. The van der Waals surface area contributed by atoms with E-state index in [9.17, 15) is 5.11 Å². The Morgan fingerprint density at radius 2 is 1.95 bits per heavy atom. The van der Waals surface area contributed by atoms with E-state index < -0.39 is 0 Å². The number of aromatic hydroxyl groups is 1. The summed E-state index contributed by atoms with van der Waals surface area (Å²) >= 11 is 0. The van der Waals surface area contributed by atoms with Crippen LogP contribution in [0.15, 0.2) is 28.7 Å². The zero-order valence-corrected chi connectivity index (χ0v) is 11.7. The van der Waals surface area contributed by atoms with Crippen LogP contribution in [0.25, 0.3) is 11.0 Å². The predicted molar refractivity (Wildman–Crippen MR) is 78.6 cm³/mol. The Balaban J connectivity index is 1.79. The minimum Gasteiger partial charge on any atom is -0.507 e. The van der Waals surface area contributed by atoms with E-state index >= 15 is 0 Å². The molecule has 1 fully saturated rings. The zero-order chi connectivity index (χ0) is 13.9. The molecule has 0 amide bonds. The van der Waals surface area contributed by atoms with Crippen molar-refractivity contribution >= 4 is 11.0 Å². The van der Waals surface area contributed by atoms with Gasteiger partial charge in [-0.1, -0.05) is 32.1 Å². The maximum absolute atomic E-state index is 10.1. The third-order valence-electron chi connectivity index (χ3n) is 4.37. The maximum atomic E-state index is 10.1. The monoisotopic (exact) mass is 271 g/mol. The number of fused-ring (bicyclic) bond motifs is 1. The van der Waals surface area contributed by atoms with Crippen molar-refractivity contribution in [1.29, 1.82) is 5.41 Å². The quantitative estimate of drug-likeness (QED) is 0.881. The molecule has 3 nitrogen and oxygen atoms in total. The van der Waals surface area contributed by atoms with Gasteiger partial charge in [-0.3, -0.25) is 5.41 Å². The van der Waals surface area contributed by atoms with Gasteiger partial charge in [0.1, 0.15) is 11.3 Å². The normalized spacial score (nSPS) is 16.6. The number of hydrogen-bond acceptors (Lipinski definition) is 3. The van der Waals surface area contributed by atoms with Crippen LogP contribution in [-0.4, -0.2) is 5.11 Å². The van der Waals surface area contributed by atoms with Crippen LogP contribution in [0, 0.1) is 11.3 Å². The first-order chi connectivity index (χ1) is 9.72. The van der Waals surface area contributed by atoms with Crippen LogP contribution in [0.2, 0.25) is 0 Å². The Labute approximate surface area is 118 Å². The van der Waals surface area contributed by atoms with Crippen molar-refractivity contribution in [1.82, 2.24) is 0 Å². The number of nitrogens with one attached hydrogen (secondary N) is 1. The molecule has 0 atom stereocenters. The molecule has 2 N–H and O–H groups in total. The lowest BCUT2D eigenvalue weighted by atomic mass is 9.85. The van der Waals surface area contributed by atoms with Crippen LogP contribution in [0.1, 0.15) is 44.1 Å². The van der Waals surface area contributed by atoms with Gasteiger partial charge in [0, 0.05) is 6.07 Å². The summed E-state index contributed by atoms with van der Waals surface area (Å²) in [5, 5.41) is 18.3. The second-order valence-corrected chi connectivity index (χ2v) is 5.87. The van der Waals surface area contributed by atoms with Crippen molar-refractivity contribution in [3.05, 3.63) is 35.4 Å². The molecule has 0 saturated heterocycles. The number of phenolic OH excluding ortho intramolecular Hbond substituents is 1. The molecule has 1 aliphatic carbocycles. The van der Waals surface area contributed by atoms with E-state index in [1.54, 1.807) is 12.1 Å². The summed E-state index contributed by atoms with van der Waals surface area (Å²) in [6, 6.07) is 7.10. The van der Waals surface area contributed by atoms with Crippen molar-refractivity contribution in [3.63, 3.8) is 0 Å². The topological polar surface area (TPSA) is 57.2 Å². The fourth-order valence-corrected chi connectivity index (χ4v) is 3.22. The summed E-state index contributed by atoms with van der Waals surface area (Å²) in [6.07, 6.45) is 8.98. The molecule has 0 radical (unpaired) electrons. The molecule has 1 aromatic carbocycles. The zero-order valence-electron chi connectivity index (χ0n) is 11.7. The average Bonchev–Trinajstić information content (AvgIpc) is 2.46. The van der Waals surface area contributed by atoms with Crippen molar-refractivity contribution in [2.75, 3.05) is 0 Å². The number of rotatable bonds is 3. The summed E-state index contributed by atoms with van der Waals surface area (Å²) in [5.41, 5.74) is 1.84. The van der Waals surface area contributed by atoms with Gasteiger partial charge in [-0.05, 0) is 42.5 Å². The molecule has 0 aliphatic heterocycles. The largest absolute Gasteiger partial charge is 0.507 e. The maximum Gasteiger partial charge on any atom is 0.211 e. The van der Waals surface area contributed by atoms with Crippen LogP contribution in [0.5, 0.6) is 5.75 Å². The highest BCUT2D eigenvalue weighted by atomic mass is 16.3. The molecule has 0 bridgehead atoms. The third-order valence-corrected chi connectivity index (χ3v) is 4.37. The van der Waals surface area contributed by atoms with Gasteiger partial charge < -0.3 is 9.52 Å². The molecule has 1 aromatic heterocycles. The van der Waals surface area contributed by atoms with Gasteiger partial charge in [0.25, 0.3) is 0 Å². The van der Waals surface area contributed by atoms with E-state index in [1.807, 2.05) is 12.1 Å². The van der Waals surface area contributed by atoms with Gasteiger partial charge in [-0.25, -0.2) is 0 Å². The Morgan fingerprint density at radius 3 is 2.75 bits per heavy atom. The number of phenols is 1. The predicted octanol–water partition coefficient (Wildman–Crippen LogP) is 4.13. The smallest absolute Gasteiger partial charge is 0.211 e. The first-order valence-electron chi connectivity index (χ1n) is 7.53. The van der Waals surface area contributed by atoms with Crippen LogP contribution in [0.3, 0.4) is 0 Å². The molecule has 0 spiro atoms. The minimum atomic E-state index is 0.126. The molecule has 3 rings (SSSR count). The van der Waals surface area contributed by atoms with Gasteiger partial charge in [-0.15, -0.1) is 0 Å². The minimum absolute atomic E-state index is 0.126. The SMILES string of the molecule is N=c1ccc2c(O)cc(CCC3CCCCC3)cc2o1. The van der Waals surface area contributed by atoms with Crippen molar-refractivity contribution in [2.24, 2.45) is 5.92 Å². The van der Waals surface area contributed by atoms with Crippen molar-refractivity contribution in [2.45, 2.75) is 44.9 Å². The van der Waals surface area contributed by atoms with Crippen molar-refractivity contribution in [3.8, 4) is 5.75 Å². The molecular weight excluding hydrogens is 250 g/mol. The fourth-order valence-electron chi connectivity index (χ4n) is 3.22. The van der Waals surface area contributed by atoms with E-state index in [2.05, 4.69) is 0 Å². The molecule has 1 saturated carbocycles. The second kappa shape index (κ2) is 5.70. The summed E-state index contributed by atoms with van der Waals surface area (Å²) in [4.78, 5) is 0. The summed E-state index contributed by atoms with van der Waals surface area (Å²) in [6.45, 7) is 0. The van der Waals surface area contributed by atoms with Crippen LogP contribution in [0.4, 0.5) is 0 Å². The summed E-state index contributed by atoms with van der Waals surface area (Å²) in [5.74, 6) is 1.09. The molecule has 1 heterocycles. The van der Waals surface area contributed by atoms with Crippen LogP contribution >= 0.6 is 0 Å². The van der Waals surface area contributed by atoms with Gasteiger partial charge in [0.2, 0.25) is 5.55 Å². The van der Waals surface area contributed by atoms with E-state index in [-0.39, 0.29) is 11.3 Å². The molecule has 20 heavy (non-hydrogen) atoms. The first-order valence-corrected chi connectivity index (χ1v) is 7.53. The molecule has 1 aliphatic rings. The summed E-state index contributed by atoms with van der Waals surface area (Å²) < 4.78 is 5.38. The second-order valence-electron chi connectivity index (χ2n) is 5.87. The van der Waals surface area contributed by atoms with Crippen LogP contribution in [-0.2, 0) is 6.42 Å². The van der Waals surface area contributed by atoms with Gasteiger partial charge in [0.15, 0.2) is 0 Å². The lowest BCUT2D eigenvalue weighted by Gasteiger charge is -2.21. The fraction of sp³-hybridized carbons (Fsp3) is 0.471. The lowest BCUT2D eigenvalue weighted by molar-refractivity contribution is 0.339. The molecule has 2 aromatic rings. The van der Waals surface area contributed by atoms with Crippen molar-refractivity contribution < 1.29 is 9.52 Å². The van der Waals surface area contributed by atoms with E-state index in [0.717, 1.165) is 17.9 Å². The average molecular weight is 271 g/mol. The van der Waals surface area contributed by atoms with E-state index in [0.29, 0.717) is 11.0 Å². The Morgan fingerprint density at radius 1 is 1.15 bits per heavy atom. The lowest BCUT2D eigenvalue weighted by Crippen LogP contribution is -2.07. The highest BCUT2D eigenvalue weighted by Crippen LogP contribution is 2.30. The molecular formula is C17H21NO2. The Kier molecular flexibility index (Phi) is 3.77. The standard InChI is InChI=1S/C17H21NO2/c18-17-9-8-14-15(19)10-13(11-16(14)20-17)7-6-12-4-2-1-3-5-12/h8-12,18-19H,1-7H2. The first kappa shape index (κ1) is 13.2. The highest BCUT2D eigenvalue weighted by Gasteiger charge is 2.14.